The van der Waals surface area contributed by atoms with Gasteiger partial charge in [-0.25, -0.2) is 0 Å². The van der Waals surface area contributed by atoms with E-state index in [1.54, 1.807) is 23.1 Å². The number of fused-ring (bicyclic) bond motifs is 1. The Balaban J connectivity index is 1.39. The lowest BCUT2D eigenvalue weighted by Gasteiger charge is -2.26. The molecule has 0 atom stereocenters. The first-order chi connectivity index (χ1) is 16.1. The van der Waals surface area contributed by atoms with Crippen molar-refractivity contribution in [2.75, 3.05) is 0 Å². The Bertz CT molecular complexity index is 1330. The predicted molar refractivity (Wildman–Crippen MR) is 134 cm³/mol. The van der Waals surface area contributed by atoms with Crippen molar-refractivity contribution in [2.45, 2.75) is 6.61 Å². The Morgan fingerprint density at radius 1 is 1.03 bits per heavy atom. The van der Waals surface area contributed by atoms with E-state index in [2.05, 4.69) is 4.99 Å². The van der Waals surface area contributed by atoms with E-state index in [0.29, 0.717) is 28.1 Å². The summed E-state index contributed by atoms with van der Waals surface area (Å²) in [6.45, 7) is 0.406. The van der Waals surface area contributed by atoms with Gasteiger partial charge in [-0.2, -0.15) is 4.99 Å². The lowest BCUT2D eigenvalue weighted by Crippen LogP contribution is -2.38. The maximum absolute atomic E-state index is 12.7. The first-order valence-electron chi connectivity index (χ1n) is 10.2. The molecule has 5 nitrogen and oxygen atoms in total. The molecule has 5 rings (SSSR count). The molecule has 3 aromatic carbocycles. The van der Waals surface area contributed by atoms with E-state index >= 15 is 0 Å². The number of carbonyl (C=O) groups excluding carboxylic acids is 1. The van der Waals surface area contributed by atoms with Crippen LogP contribution in [0, 0.1) is 5.41 Å². The van der Waals surface area contributed by atoms with Crippen LogP contribution in [0.1, 0.15) is 16.7 Å². The second-order valence-electron chi connectivity index (χ2n) is 7.39. The van der Waals surface area contributed by atoms with Crippen molar-refractivity contribution in [3.63, 3.8) is 0 Å². The number of rotatable bonds is 5. The number of benzene rings is 3. The van der Waals surface area contributed by atoms with E-state index in [9.17, 15) is 4.79 Å². The molecule has 0 saturated carbocycles. The zero-order valence-corrected chi connectivity index (χ0v) is 18.9. The quantitative estimate of drug-likeness (QED) is 0.448. The molecule has 0 aliphatic carbocycles. The van der Waals surface area contributed by atoms with Crippen molar-refractivity contribution >= 4 is 52.0 Å². The molecule has 2 aliphatic heterocycles. The Labute approximate surface area is 200 Å². The highest BCUT2D eigenvalue weighted by Crippen LogP contribution is 2.37. The first-order valence-corrected chi connectivity index (χ1v) is 11.5. The molecule has 0 aromatic heterocycles. The van der Waals surface area contributed by atoms with Crippen LogP contribution in [0.25, 0.3) is 11.8 Å². The maximum Gasteiger partial charge on any atom is 0.283 e. The number of aliphatic imine (C=N–C) groups is 1. The average molecular weight is 472 g/mol. The van der Waals surface area contributed by atoms with Gasteiger partial charge in [-0.1, -0.05) is 90.1 Å². The third kappa shape index (κ3) is 4.35. The van der Waals surface area contributed by atoms with E-state index in [1.807, 2.05) is 72.1 Å². The Morgan fingerprint density at radius 3 is 2.48 bits per heavy atom. The number of hydrogen-bond acceptors (Lipinski definition) is 4. The fourth-order valence-electron chi connectivity index (χ4n) is 3.54. The van der Waals surface area contributed by atoms with Gasteiger partial charge in [0, 0.05) is 5.41 Å². The highest BCUT2D eigenvalue weighted by Gasteiger charge is 2.36. The third-order valence-corrected chi connectivity index (χ3v) is 6.31. The molecule has 2 aliphatic rings. The molecular weight excluding hydrogens is 454 g/mol. The number of nitrogens with zero attached hydrogens (tertiary/aromatic N) is 2. The van der Waals surface area contributed by atoms with Crippen LogP contribution in [-0.2, 0) is 11.4 Å². The zero-order valence-electron chi connectivity index (χ0n) is 17.4. The zero-order chi connectivity index (χ0) is 22.8. The van der Waals surface area contributed by atoms with Crippen molar-refractivity contribution < 1.29 is 9.53 Å². The van der Waals surface area contributed by atoms with Crippen LogP contribution in [0.15, 0.2) is 94.8 Å². The van der Waals surface area contributed by atoms with Gasteiger partial charge in [-0.05, 0) is 34.9 Å². The van der Waals surface area contributed by atoms with Crippen LogP contribution in [0.4, 0.5) is 0 Å². The van der Waals surface area contributed by atoms with Crippen molar-refractivity contribution in [3.8, 4) is 5.75 Å². The molecule has 0 fully saturated rings. The van der Waals surface area contributed by atoms with Crippen LogP contribution in [0.5, 0.6) is 5.75 Å². The summed E-state index contributed by atoms with van der Waals surface area (Å²) in [4.78, 5) is 18.6. The predicted octanol–water partition coefficient (Wildman–Crippen LogP) is 6.22. The van der Waals surface area contributed by atoms with E-state index < -0.39 is 5.91 Å². The van der Waals surface area contributed by atoms with Gasteiger partial charge in [0.2, 0.25) is 0 Å². The summed E-state index contributed by atoms with van der Waals surface area (Å²) in [5, 5.41) is 11.6. The summed E-state index contributed by atoms with van der Waals surface area (Å²) in [5.74, 6) is 0.200. The molecule has 0 radical (unpaired) electrons. The summed E-state index contributed by atoms with van der Waals surface area (Å²) in [7, 11) is 0. The van der Waals surface area contributed by atoms with Crippen molar-refractivity contribution in [3.05, 3.63) is 112 Å². The van der Waals surface area contributed by atoms with Crippen molar-refractivity contribution in [2.24, 2.45) is 4.99 Å². The minimum Gasteiger partial charge on any atom is -0.487 e. The molecule has 0 unspecified atom stereocenters. The first kappa shape index (κ1) is 21.2. The number of ether oxygens (including phenoxy) is 1. The van der Waals surface area contributed by atoms with Crippen LogP contribution in [-0.4, -0.2) is 21.8 Å². The van der Waals surface area contributed by atoms with Gasteiger partial charge in [0.15, 0.2) is 5.17 Å². The lowest BCUT2D eigenvalue weighted by molar-refractivity contribution is -0.114. The Kier molecular flexibility index (Phi) is 5.86. The number of halogens is 1. The Hall–Kier alpha value is -3.61. The van der Waals surface area contributed by atoms with Crippen LogP contribution >= 0.6 is 23.4 Å². The van der Waals surface area contributed by atoms with E-state index in [0.717, 1.165) is 16.8 Å². The molecule has 0 spiro atoms. The summed E-state index contributed by atoms with van der Waals surface area (Å²) >= 11 is 7.78. The Morgan fingerprint density at radius 2 is 1.76 bits per heavy atom. The van der Waals surface area contributed by atoms with Crippen LogP contribution in [0.3, 0.4) is 0 Å². The molecule has 0 bridgehead atoms. The van der Waals surface area contributed by atoms with Gasteiger partial charge < -0.3 is 4.74 Å². The number of nitrogens with one attached hydrogen (secondary N) is 1. The van der Waals surface area contributed by atoms with Crippen LogP contribution in [0.2, 0.25) is 5.02 Å². The van der Waals surface area contributed by atoms with Crippen LogP contribution < -0.4 is 4.74 Å². The standard InChI is InChI=1S/C26H18ClN3O2S/c27-21-14-18(11-12-23(21)32-15-17-7-3-1-4-8-17)13-20-24(28)30-22(19-9-5-2-6-10-19)16-33-26(30)29-25(20)31/h1-14,16,28H,15H2/b20-13+,28-24?. The van der Waals surface area contributed by atoms with E-state index in [4.69, 9.17) is 21.7 Å². The average Bonchev–Trinajstić information content (AvgIpc) is 3.26. The van der Waals surface area contributed by atoms with Crippen molar-refractivity contribution in [1.82, 2.24) is 4.90 Å². The number of carbonyl (C=O) groups is 1. The summed E-state index contributed by atoms with van der Waals surface area (Å²) in [5.41, 5.74) is 3.72. The smallest absolute Gasteiger partial charge is 0.283 e. The highest BCUT2D eigenvalue weighted by atomic mass is 35.5. The van der Waals surface area contributed by atoms with Crippen molar-refractivity contribution in [1.29, 1.82) is 5.41 Å². The fraction of sp³-hybridized carbons (Fsp3) is 0.0385. The number of amides is 1. The lowest BCUT2D eigenvalue weighted by atomic mass is 10.1. The SMILES string of the molecule is N=C1/C(=C\c2ccc(OCc3ccccc3)c(Cl)c2)C(=O)N=C2SC=C(c3ccccc3)N12. The highest BCUT2D eigenvalue weighted by molar-refractivity contribution is 8.17. The summed E-state index contributed by atoms with van der Waals surface area (Å²) in [6, 6.07) is 24.9. The molecule has 0 saturated heterocycles. The van der Waals surface area contributed by atoms with Gasteiger partial charge in [0.05, 0.1) is 16.3 Å². The number of thioether (sulfide) groups is 1. The molecule has 7 heteroatoms. The van der Waals surface area contributed by atoms with Gasteiger partial charge in [-0.3, -0.25) is 15.1 Å². The molecule has 162 valence electrons. The minimum atomic E-state index is -0.443. The number of hydrogen-bond donors (Lipinski definition) is 1. The monoisotopic (exact) mass is 471 g/mol. The topological polar surface area (TPSA) is 65.8 Å². The van der Waals surface area contributed by atoms with E-state index in [-0.39, 0.29) is 11.4 Å². The summed E-state index contributed by atoms with van der Waals surface area (Å²) < 4.78 is 5.83. The number of amidine groups is 2. The third-order valence-electron chi connectivity index (χ3n) is 5.19. The van der Waals surface area contributed by atoms with Gasteiger partial charge in [0.1, 0.15) is 18.2 Å². The largest absolute Gasteiger partial charge is 0.487 e. The molecule has 3 aromatic rings. The van der Waals surface area contributed by atoms with Gasteiger partial charge in [0.25, 0.3) is 5.91 Å². The second-order valence-corrected chi connectivity index (χ2v) is 8.64. The molecule has 1 N–H and O–H groups in total. The fourth-order valence-corrected chi connectivity index (χ4v) is 4.67. The minimum absolute atomic E-state index is 0.0885. The second kappa shape index (κ2) is 9.10. The molecule has 33 heavy (non-hydrogen) atoms. The normalized spacial score (nSPS) is 16.5. The molecular formula is C26H18ClN3O2S. The van der Waals surface area contributed by atoms with E-state index in [1.165, 1.54) is 11.8 Å². The molecule has 1 amide bonds. The van der Waals surface area contributed by atoms with Gasteiger partial charge >= 0.3 is 0 Å². The van der Waals surface area contributed by atoms with Gasteiger partial charge in [-0.15, -0.1) is 0 Å². The molecule has 2 heterocycles. The summed E-state index contributed by atoms with van der Waals surface area (Å²) in [6.07, 6.45) is 1.64. The maximum atomic E-state index is 12.7.